The van der Waals surface area contributed by atoms with E-state index in [0.717, 1.165) is 16.5 Å². The highest BCUT2D eigenvalue weighted by Crippen LogP contribution is 2.22. The maximum absolute atomic E-state index is 11.1. The first kappa shape index (κ1) is 12.0. The lowest BCUT2D eigenvalue weighted by Gasteiger charge is -2.02. The normalized spacial score (nSPS) is 10.2. The van der Waals surface area contributed by atoms with E-state index in [0.29, 0.717) is 13.0 Å². The van der Waals surface area contributed by atoms with Crippen LogP contribution in [0.3, 0.4) is 0 Å². The van der Waals surface area contributed by atoms with Crippen molar-refractivity contribution in [2.24, 2.45) is 0 Å². The molecule has 3 N–H and O–H groups in total. The van der Waals surface area contributed by atoms with E-state index in [1.165, 1.54) is 0 Å². The number of phenols is 1. The average Bonchev–Trinajstić information content (AvgIpc) is 2.72. The molecular weight excluding hydrogens is 230 g/mol. The number of nitrogens with one attached hydrogen (secondary N) is 2. The molecule has 1 amide bonds. The lowest BCUT2D eigenvalue weighted by atomic mass is 10.1. The number of amides is 1. The van der Waals surface area contributed by atoms with E-state index in [4.69, 9.17) is 5.26 Å². The van der Waals surface area contributed by atoms with Gasteiger partial charge in [-0.2, -0.15) is 5.26 Å². The summed E-state index contributed by atoms with van der Waals surface area (Å²) < 4.78 is 0. The van der Waals surface area contributed by atoms with E-state index in [9.17, 15) is 9.90 Å². The fourth-order valence-corrected chi connectivity index (χ4v) is 1.85. The fraction of sp³-hybridized carbons (Fsp3) is 0.231. The fourth-order valence-electron chi connectivity index (χ4n) is 1.85. The Morgan fingerprint density at radius 3 is 3.11 bits per heavy atom. The summed E-state index contributed by atoms with van der Waals surface area (Å²) in [5.41, 5.74) is 1.94. The van der Waals surface area contributed by atoms with Gasteiger partial charge in [-0.3, -0.25) is 4.79 Å². The van der Waals surface area contributed by atoms with Crippen molar-refractivity contribution in [3.05, 3.63) is 30.0 Å². The number of phenolic OH excluding ortho intramolecular Hbond substituents is 1. The first-order valence-corrected chi connectivity index (χ1v) is 5.63. The standard InChI is InChI=1S/C13H13N3O2/c14-5-3-13(18)15-6-4-9-8-16-12-7-10(17)1-2-11(9)12/h1-2,7-8,16-17H,3-4,6H2,(H,15,18). The van der Waals surface area contributed by atoms with Gasteiger partial charge in [0.15, 0.2) is 0 Å². The SMILES string of the molecule is N#CCC(=O)NCCc1c[nH]c2cc(O)ccc12. The number of carbonyl (C=O) groups is 1. The highest BCUT2D eigenvalue weighted by Gasteiger charge is 2.05. The van der Waals surface area contributed by atoms with E-state index in [1.807, 2.05) is 12.3 Å². The second-order valence-electron chi connectivity index (χ2n) is 3.98. The number of rotatable bonds is 4. The molecule has 0 bridgehead atoms. The van der Waals surface area contributed by atoms with Gasteiger partial charge in [0.1, 0.15) is 12.2 Å². The summed E-state index contributed by atoms with van der Waals surface area (Å²) in [6, 6.07) is 6.93. The molecule has 2 aromatic rings. The van der Waals surface area contributed by atoms with Crippen LogP contribution in [0.4, 0.5) is 0 Å². The van der Waals surface area contributed by atoms with Crippen LogP contribution in [-0.4, -0.2) is 22.5 Å². The molecule has 0 aliphatic heterocycles. The second-order valence-corrected chi connectivity index (χ2v) is 3.98. The summed E-state index contributed by atoms with van der Waals surface area (Å²) in [5.74, 6) is -0.0341. The number of benzene rings is 1. The Balaban J connectivity index is 2.00. The number of nitriles is 1. The smallest absolute Gasteiger partial charge is 0.234 e. The van der Waals surface area contributed by atoms with Crippen LogP contribution < -0.4 is 5.32 Å². The van der Waals surface area contributed by atoms with Gasteiger partial charge >= 0.3 is 0 Å². The molecule has 1 aromatic carbocycles. The van der Waals surface area contributed by atoms with E-state index in [1.54, 1.807) is 18.2 Å². The van der Waals surface area contributed by atoms with Crippen molar-refractivity contribution in [3.63, 3.8) is 0 Å². The molecule has 0 aliphatic carbocycles. The van der Waals surface area contributed by atoms with E-state index < -0.39 is 0 Å². The largest absolute Gasteiger partial charge is 0.508 e. The van der Waals surface area contributed by atoms with Crippen LogP contribution in [-0.2, 0) is 11.2 Å². The zero-order valence-electron chi connectivity index (χ0n) is 9.73. The average molecular weight is 243 g/mol. The molecule has 18 heavy (non-hydrogen) atoms. The second kappa shape index (κ2) is 5.23. The summed E-state index contributed by atoms with van der Waals surface area (Å²) >= 11 is 0. The Labute approximate surface area is 104 Å². The molecule has 1 heterocycles. The Bertz CT molecular complexity index is 610. The van der Waals surface area contributed by atoms with Crippen molar-refractivity contribution >= 4 is 16.8 Å². The van der Waals surface area contributed by atoms with Crippen molar-refractivity contribution in [3.8, 4) is 11.8 Å². The molecule has 0 saturated heterocycles. The van der Waals surface area contributed by atoms with Crippen molar-refractivity contribution in [2.75, 3.05) is 6.54 Å². The summed E-state index contributed by atoms with van der Waals surface area (Å²) in [5, 5.41) is 21.4. The first-order chi connectivity index (χ1) is 8.70. The lowest BCUT2D eigenvalue weighted by molar-refractivity contribution is -0.120. The molecule has 0 atom stereocenters. The van der Waals surface area contributed by atoms with E-state index >= 15 is 0 Å². The number of aromatic amines is 1. The molecule has 2 rings (SSSR count). The zero-order valence-corrected chi connectivity index (χ0v) is 9.73. The number of H-pyrrole nitrogens is 1. The van der Waals surface area contributed by atoms with Gasteiger partial charge in [0.05, 0.1) is 6.07 Å². The summed E-state index contributed by atoms with van der Waals surface area (Å²) in [4.78, 5) is 14.2. The highest BCUT2D eigenvalue weighted by atomic mass is 16.3. The molecular formula is C13H13N3O2. The van der Waals surface area contributed by atoms with Gasteiger partial charge in [-0.05, 0) is 24.1 Å². The first-order valence-electron chi connectivity index (χ1n) is 5.63. The van der Waals surface area contributed by atoms with Crippen molar-refractivity contribution in [2.45, 2.75) is 12.8 Å². The quantitative estimate of drug-likeness (QED) is 0.759. The van der Waals surface area contributed by atoms with Gasteiger partial charge in [0.2, 0.25) is 5.91 Å². The molecule has 5 nitrogen and oxygen atoms in total. The molecule has 92 valence electrons. The predicted octanol–water partition coefficient (Wildman–Crippen LogP) is 1.45. The van der Waals surface area contributed by atoms with Crippen molar-refractivity contribution < 1.29 is 9.90 Å². The van der Waals surface area contributed by atoms with Crippen LogP contribution >= 0.6 is 0 Å². The zero-order chi connectivity index (χ0) is 13.0. The molecule has 0 fully saturated rings. The van der Waals surface area contributed by atoms with Crippen LogP contribution in [0.15, 0.2) is 24.4 Å². The number of hydrogen-bond acceptors (Lipinski definition) is 3. The molecule has 0 spiro atoms. The topological polar surface area (TPSA) is 88.9 Å². The minimum absolute atomic E-state index is 0.109. The third-order valence-electron chi connectivity index (χ3n) is 2.71. The lowest BCUT2D eigenvalue weighted by Crippen LogP contribution is -2.24. The Hall–Kier alpha value is -2.48. The molecule has 0 radical (unpaired) electrons. The Morgan fingerprint density at radius 2 is 2.33 bits per heavy atom. The number of hydrogen-bond donors (Lipinski definition) is 3. The minimum atomic E-state index is -0.255. The van der Waals surface area contributed by atoms with Crippen molar-refractivity contribution in [1.29, 1.82) is 5.26 Å². The van der Waals surface area contributed by atoms with Crippen LogP contribution in [0, 0.1) is 11.3 Å². The van der Waals surface area contributed by atoms with Gasteiger partial charge < -0.3 is 15.4 Å². The molecule has 0 unspecified atom stereocenters. The summed E-state index contributed by atoms with van der Waals surface area (Å²) in [6.45, 7) is 0.494. The van der Waals surface area contributed by atoms with Crippen LogP contribution in [0.25, 0.3) is 10.9 Å². The monoisotopic (exact) mass is 243 g/mol. The van der Waals surface area contributed by atoms with E-state index in [2.05, 4.69) is 10.3 Å². The molecule has 0 aliphatic rings. The predicted molar refractivity (Wildman–Crippen MR) is 66.9 cm³/mol. The van der Waals surface area contributed by atoms with Gasteiger partial charge in [-0.25, -0.2) is 0 Å². The highest BCUT2D eigenvalue weighted by molar-refractivity contribution is 5.84. The molecule has 0 saturated carbocycles. The number of nitrogens with zero attached hydrogens (tertiary/aromatic N) is 1. The van der Waals surface area contributed by atoms with Gasteiger partial charge in [-0.1, -0.05) is 0 Å². The Kier molecular flexibility index (Phi) is 3.49. The van der Waals surface area contributed by atoms with Crippen LogP contribution in [0.2, 0.25) is 0 Å². The van der Waals surface area contributed by atoms with Gasteiger partial charge in [0, 0.05) is 29.7 Å². The number of fused-ring (bicyclic) bond motifs is 1. The maximum Gasteiger partial charge on any atom is 0.234 e. The number of carbonyl (C=O) groups excluding carboxylic acids is 1. The van der Waals surface area contributed by atoms with Crippen LogP contribution in [0.1, 0.15) is 12.0 Å². The maximum atomic E-state index is 11.1. The van der Waals surface area contributed by atoms with Gasteiger partial charge in [0.25, 0.3) is 0 Å². The third kappa shape index (κ3) is 2.61. The Morgan fingerprint density at radius 1 is 1.50 bits per heavy atom. The summed E-state index contributed by atoms with van der Waals surface area (Å²) in [7, 11) is 0. The van der Waals surface area contributed by atoms with Crippen LogP contribution in [0.5, 0.6) is 5.75 Å². The molecule has 5 heteroatoms. The minimum Gasteiger partial charge on any atom is -0.508 e. The number of aromatic nitrogens is 1. The third-order valence-corrected chi connectivity index (χ3v) is 2.71. The van der Waals surface area contributed by atoms with E-state index in [-0.39, 0.29) is 18.1 Å². The number of aromatic hydroxyl groups is 1. The summed E-state index contributed by atoms with van der Waals surface area (Å²) in [6.07, 6.45) is 2.43. The van der Waals surface area contributed by atoms with Crippen molar-refractivity contribution in [1.82, 2.24) is 10.3 Å². The molecule has 1 aromatic heterocycles. The van der Waals surface area contributed by atoms with Gasteiger partial charge in [-0.15, -0.1) is 0 Å².